The molecule has 1 aromatic carbocycles. The molecule has 1 nitrogen and oxygen atoms in total. The Labute approximate surface area is 76.3 Å². The van der Waals surface area contributed by atoms with Crippen LogP contribution in [0.3, 0.4) is 0 Å². The molecule has 3 heteroatoms. The van der Waals surface area contributed by atoms with Crippen molar-refractivity contribution in [1.82, 2.24) is 0 Å². The van der Waals surface area contributed by atoms with Crippen LogP contribution in [0.25, 0.3) is 0 Å². The lowest BCUT2D eigenvalue weighted by Crippen LogP contribution is -1.97. The molecule has 0 aliphatic rings. The molecule has 0 spiro atoms. The van der Waals surface area contributed by atoms with Crippen molar-refractivity contribution in [2.75, 3.05) is 11.9 Å². The molecule has 0 heterocycles. The van der Waals surface area contributed by atoms with Crippen LogP contribution in [0.1, 0.15) is 6.92 Å². The molecule has 0 saturated carbocycles. The van der Waals surface area contributed by atoms with Crippen LogP contribution in [0.2, 0.25) is 10.0 Å². The van der Waals surface area contributed by atoms with Gasteiger partial charge < -0.3 is 5.32 Å². The van der Waals surface area contributed by atoms with Crippen molar-refractivity contribution in [1.29, 1.82) is 0 Å². The van der Waals surface area contributed by atoms with Crippen molar-refractivity contribution < 1.29 is 0 Å². The lowest BCUT2D eigenvalue weighted by molar-refractivity contribution is 1.21. The number of hydrogen-bond donors (Lipinski definition) is 1. The van der Waals surface area contributed by atoms with Crippen LogP contribution < -0.4 is 5.32 Å². The summed E-state index contributed by atoms with van der Waals surface area (Å²) in [5.74, 6) is 0. The summed E-state index contributed by atoms with van der Waals surface area (Å²) >= 11 is 11.7. The lowest BCUT2D eigenvalue weighted by atomic mass is 10.3. The molecule has 11 heavy (non-hydrogen) atoms. The largest absolute Gasteiger partial charge is 0.383 e. The molecule has 0 bridgehead atoms. The normalized spacial score (nSPS) is 9.73. The number of rotatable bonds is 2. The van der Waals surface area contributed by atoms with Crippen LogP contribution in [-0.2, 0) is 0 Å². The van der Waals surface area contributed by atoms with Gasteiger partial charge in [-0.05, 0) is 25.1 Å². The predicted molar refractivity (Wildman–Crippen MR) is 49.5 cm³/mol. The summed E-state index contributed by atoms with van der Waals surface area (Å²) in [7, 11) is 0. The number of halogens is 2. The number of benzene rings is 1. The van der Waals surface area contributed by atoms with Gasteiger partial charge in [0.05, 0.1) is 15.7 Å². The molecule has 1 aromatic rings. The molecule has 1 radical (unpaired) electrons. The minimum atomic E-state index is 0.611. The molecule has 0 fully saturated rings. The Morgan fingerprint density at radius 3 is 2.36 bits per heavy atom. The lowest BCUT2D eigenvalue weighted by Gasteiger charge is -2.06. The van der Waals surface area contributed by atoms with Crippen molar-refractivity contribution in [2.45, 2.75) is 6.92 Å². The van der Waals surface area contributed by atoms with E-state index in [1.54, 1.807) is 12.1 Å². The van der Waals surface area contributed by atoms with Gasteiger partial charge >= 0.3 is 0 Å². The van der Waals surface area contributed by atoms with Crippen molar-refractivity contribution in [3.63, 3.8) is 0 Å². The maximum atomic E-state index is 5.83. The van der Waals surface area contributed by atoms with E-state index in [1.807, 2.05) is 6.92 Å². The maximum absolute atomic E-state index is 5.83. The van der Waals surface area contributed by atoms with E-state index in [1.165, 1.54) is 0 Å². The highest BCUT2D eigenvalue weighted by Gasteiger charge is 2.01. The molecule has 0 saturated heterocycles. The fraction of sp³-hybridized carbons (Fsp3) is 0.250. The van der Waals surface area contributed by atoms with Crippen LogP contribution in [-0.4, -0.2) is 6.54 Å². The highest BCUT2D eigenvalue weighted by Crippen LogP contribution is 2.28. The topological polar surface area (TPSA) is 12.0 Å². The highest BCUT2D eigenvalue weighted by atomic mass is 35.5. The summed E-state index contributed by atoms with van der Waals surface area (Å²) in [6.07, 6.45) is 0. The van der Waals surface area contributed by atoms with Crippen LogP contribution in [0.15, 0.2) is 12.1 Å². The first-order chi connectivity index (χ1) is 5.25. The van der Waals surface area contributed by atoms with E-state index < -0.39 is 0 Å². The molecule has 0 atom stereocenters. The van der Waals surface area contributed by atoms with E-state index in [4.69, 9.17) is 23.2 Å². The summed E-state index contributed by atoms with van der Waals surface area (Å²) in [6, 6.07) is 6.20. The van der Waals surface area contributed by atoms with E-state index in [0.717, 1.165) is 12.2 Å². The van der Waals surface area contributed by atoms with Gasteiger partial charge in [-0.2, -0.15) is 0 Å². The van der Waals surface area contributed by atoms with E-state index in [2.05, 4.69) is 11.4 Å². The Morgan fingerprint density at radius 1 is 1.36 bits per heavy atom. The molecule has 0 amide bonds. The Hall–Kier alpha value is -0.400. The van der Waals surface area contributed by atoms with Crippen LogP contribution >= 0.6 is 23.2 Å². The second-order valence-corrected chi connectivity index (χ2v) is 2.87. The van der Waals surface area contributed by atoms with Crippen molar-refractivity contribution in [2.24, 2.45) is 0 Å². The first-order valence-electron chi connectivity index (χ1n) is 3.34. The van der Waals surface area contributed by atoms with Gasteiger partial charge in [0, 0.05) is 6.54 Å². The van der Waals surface area contributed by atoms with Crippen LogP contribution in [0, 0.1) is 6.07 Å². The van der Waals surface area contributed by atoms with E-state index >= 15 is 0 Å². The molecule has 1 N–H and O–H groups in total. The molecule has 0 aromatic heterocycles. The summed E-state index contributed by atoms with van der Waals surface area (Å²) in [4.78, 5) is 0. The first kappa shape index (κ1) is 8.69. The number of anilines is 1. The van der Waals surface area contributed by atoms with Gasteiger partial charge in [-0.3, -0.25) is 0 Å². The van der Waals surface area contributed by atoms with E-state index in [0.29, 0.717) is 10.0 Å². The van der Waals surface area contributed by atoms with Gasteiger partial charge in [0.25, 0.3) is 0 Å². The smallest absolute Gasteiger partial charge is 0.0719 e. The molecular weight excluding hydrogens is 181 g/mol. The third kappa shape index (κ3) is 2.01. The first-order valence-corrected chi connectivity index (χ1v) is 4.10. The monoisotopic (exact) mass is 188 g/mol. The van der Waals surface area contributed by atoms with Crippen molar-refractivity contribution >= 4 is 28.9 Å². The molecular formula is C8H8Cl2N. The minimum absolute atomic E-state index is 0.611. The second kappa shape index (κ2) is 3.84. The Balaban J connectivity index is 3.00. The zero-order valence-electron chi connectivity index (χ0n) is 6.12. The van der Waals surface area contributed by atoms with Crippen molar-refractivity contribution in [3.8, 4) is 0 Å². The van der Waals surface area contributed by atoms with E-state index in [9.17, 15) is 0 Å². The van der Waals surface area contributed by atoms with Gasteiger partial charge in [0.1, 0.15) is 0 Å². The SMILES string of the molecule is CCNc1c(Cl)c[c]cc1Cl. The molecule has 0 unspecified atom stereocenters. The van der Waals surface area contributed by atoms with Crippen molar-refractivity contribution in [3.05, 3.63) is 28.2 Å². The van der Waals surface area contributed by atoms with Crippen LogP contribution in [0.5, 0.6) is 0 Å². The highest BCUT2D eigenvalue weighted by molar-refractivity contribution is 6.39. The summed E-state index contributed by atoms with van der Waals surface area (Å²) in [6.45, 7) is 2.80. The summed E-state index contributed by atoms with van der Waals surface area (Å²) < 4.78 is 0. The molecule has 0 aliphatic heterocycles. The van der Waals surface area contributed by atoms with Gasteiger partial charge in [-0.25, -0.2) is 0 Å². The zero-order chi connectivity index (χ0) is 8.27. The van der Waals surface area contributed by atoms with Gasteiger partial charge in [0.15, 0.2) is 0 Å². The summed E-state index contributed by atoms with van der Waals surface area (Å²) in [5, 5.41) is 4.28. The van der Waals surface area contributed by atoms with Gasteiger partial charge in [-0.15, -0.1) is 0 Å². The van der Waals surface area contributed by atoms with Crippen LogP contribution in [0.4, 0.5) is 5.69 Å². The molecule has 59 valence electrons. The van der Waals surface area contributed by atoms with Gasteiger partial charge in [-0.1, -0.05) is 23.2 Å². The van der Waals surface area contributed by atoms with Gasteiger partial charge in [0.2, 0.25) is 0 Å². The quantitative estimate of drug-likeness (QED) is 0.752. The number of hydrogen-bond acceptors (Lipinski definition) is 1. The average Bonchev–Trinajstić information content (AvgIpc) is 1.97. The third-order valence-electron chi connectivity index (χ3n) is 1.25. The Bertz CT molecular complexity index is 228. The third-order valence-corrected chi connectivity index (χ3v) is 1.85. The maximum Gasteiger partial charge on any atom is 0.0719 e. The molecule has 0 aliphatic carbocycles. The fourth-order valence-corrected chi connectivity index (χ4v) is 1.30. The standard InChI is InChI=1S/C8H8Cl2N/c1-2-11-8-6(9)4-3-5-7(8)10/h4-5,11H,2H2,1H3. The Kier molecular flexibility index (Phi) is 3.03. The Morgan fingerprint density at radius 2 is 1.91 bits per heavy atom. The minimum Gasteiger partial charge on any atom is -0.383 e. The van der Waals surface area contributed by atoms with E-state index in [-0.39, 0.29) is 0 Å². The average molecular weight is 189 g/mol. The number of nitrogens with one attached hydrogen (secondary N) is 1. The zero-order valence-corrected chi connectivity index (χ0v) is 7.63. The second-order valence-electron chi connectivity index (χ2n) is 2.06. The fourth-order valence-electron chi connectivity index (χ4n) is 0.792. The molecule has 1 rings (SSSR count). The summed E-state index contributed by atoms with van der Waals surface area (Å²) in [5.41, 5.74) is 0.787. The predicted octanol–water partition coefficient (Wildman–Crippen LogP) is 3.23.